The van der Waals surface area contributed by atoms with Gasteiger partial charge in [0, 0.05) is 36.4 Å². The Morgan fingerprint density at radius 3 is 2.42 bits per heavy atom. The number of halogens is 2. The first-order valence-electron chi connectivity index (χ1n) is 6.96. The Morgan fingerprint density at radius 2 is 1.84 bits per heavy atom. The van der Waals surface area contributed by atoms with Gasteiger partial charge < -0.3 is 10.2 Å². The number of hydrogen-bond acceptors (Lipinski definition) is 2. The molecular formula is C15H20F2N2. The predicted octanol–water partition coefficient (Wildman–Crippen LogP) is 2.93. The van der Waals surface area contributed by atoms with Crippen molar-refractivity contribution in [3.05, 3.63) is 29.8 Å². The van der Waals surface area contributed by atoms with Gasteiger partial charge in [-0.3, -0.25) is 0 Å². The maximum atomic E-state index is 13.4. The summed E-state index contributed by atoms with van der Waals surface area (Å²) in [6, 6.07) is 4.03. The number of hydrogen-bond donors (Lipinski definition) is 1. The Labute approximate surface area is 112 Å². The van der Waals surface area contributed by atoms with Gasteiger partial charge in [-0.2, -0.15) is 0 Å². The van der Waals surface area contributed by atoms with Crippen molar-refractivity contribution in [3.8, 4) is 0 Å². The summed E-state index contributed by atoms with van der Waals surface area (Å²) in [4.78, 5) is 2.13. The van der Waals surface area contributed by atoms with Crippen LogP contribution in [-0.2, 0) is 0 Å². The van der Waals surface area contributed by atoms with E-state index in [2.05, 4.69) is 24.1 Å². The Hall–Kier alpha value is -1.16. The molecule has 4 heteroatoms. The molecule has 3 rings (SSSR count). The molecule has 2 fully saturated rings. The van der Waals surface area contributed by atoms with Gasteiger partial charge in [-0.1, -0.05) is 0 Å². The molecule has 1 aromatic carbocycles. The summed E-state index contributed by atoms with van der Waals surface area (Å²) in [6.07, 6.45) is 2.51. The highest BCUT2D eigenvalue weighted by molar-refractivity contribution is 5.49. The maximum Gasteiger partial charge on any atom is 0.128 e. The molecule has 1 saturated carbocycles. The molecular weight excluding hydrogens is 246 g/mol. The Morgan fingerprint density at radius 1 is 1.21 bits per heavy atom. The van der Waals surface area contributed by atoms with Gasteiger partial charge in [0.15, 0.2) is 0 Å². The predicted molar refractivity (Wildman–Crippen MR) is 72.3 cm³/mol. The second kappa shape index (κ2) is 4.44. The molecule has 2 nitrogen and oxygen atoms in total. The molecule has 1 N–H and O–H groups in total. The Kier molecular flexibility index (Phi) is 3.01. The third kappa shape index (κ3) is 2.46. The number of rotatable bonds is 2. The van der Waals surface area contributed by atoms with Crippen LogP contribution in [0.2, 0.25) is 0 Å². The van der Waals surface area contributed by atoms with Crippen molar-refractivity contribution in [2.24, 2.45) is 5.92 Å². The minimum absolute atomic E-state index is 0.0648. The molecule has 1 saturated heterocycles. The first-order chi connectivity index (χ1) is 8.98. The molecule has 1 heterocycles. The monoisotopic (exact) mass is 266 g/mol. The van der Waals surface area contributed by atoms with Crippen molar-refractivity contribution in [2.45, 2.75) is 38.3 Å². The molecule has 2 aliphatic rings. The maximum absolute atomic E-state index is 13.4. The van der Waals surface area contributed by atoms with E-state index in [1.54, 1.807) is 0 Å². The van der Waals surface area contributed by atoms with Crippen molar-refractivity contribution in [1.82, 2.24) is 5.32 Å². The Bertz CT molecular complexity index is 467. The third-order valence-electron chi connectivity index (χ3n) is 4.49. The third-order valence-corrected chi connectivity index (χ3v) is 4.49. The summed E-state index contributed by atoms with van der Waals surface area (Å²) in [6.45, 7) is 5.97. The van der Waals surface area contributed by atoms with Gasteiger partial charge in [0.25, 0.3) is 0 Å². The van der Waals surface area contributed by atoms with E-state index < -0.39 is 11.6 Å². The highest BCUT2D eigenvalue weighted by Gasteiger charge is 2.45. The minimum atomic E-state index is -0.506. The molecule has 19 heavy (non-hydrogen) atoms. The minimum Gasteiger partial charge on any atom is -0.366 e. The average molecular weight is 266 g/mol. The van der Waals surface area contributed by atoms with Gasteiger partial charge >= 0.3 is 0 Å². The summed E-state index contributed by atoms with van der Waals surface area (Å²) in [5, 5.41) is 3.61. The Balaban J connectivity index is 1.88. The smallest absolute Gasteiger partial charge is 0.128 e. The molecule has 2 unspecified atom stereocenters. The standard InChI is InChI=1S/C15H20F2N2/c1-10-8-18-15(2,11-3-4-11)9-19(10)14-6-12(16)5-13(17)7-14/h5-7,10-11,18H,3-4,8-9H2,1-2H3. The lowest BCUT2D eigenvalue weighted by molar-refractivity contribution is 0.260. The first kappa shape index (κ1) is 12.9. The summed E-state index contributed by atoms with van der Waals surface area (Å²) >= 11 is 0. The van der Waals surface area contributed by atoms with Crippen molar-refractivity contribution in [2.75, 3.05) is 18.0 Å². The summed E-state index contributed by atoms with van der Waals surface area (Å²) in [5.74, 6) is -0.316. The summed E-state index contributed by atoms with van der Waals surface area (Å²) in [7, 11) is 0. The largest absolute Gasteiger partial charge is 0.366 e. The topological polar surface area (TPSA) is 15.3 Å². The van der Waals surface area contributed by atoms with Crippen LogP contribution in [0, 0.1) is 17.6 Å². The number of nitrogens with one attached hydrogen (secondary N) is 1. The van der Waals surface area contributed by atoms with Gasteiger partial charge in [-0.05, 0) is 44.7 Å². The van der Waals surface area contributed by atoms with Crippen LogP contribution in [-0.4, -0.2) is 24.7 Å². The molecule has 104 valence electrons. The van der Waals surface area contributed by atoms with Crippen LogP contribution in [0.15, 0.2) is 18.2 Å². The first-order valence-corrected chi connectivity index (χ1v) is 6.96. The molecule has 0 spiro atoms. The van der Waals surface area contributed by atoms with E-state index in [1.165, 1.54) is 25.0 Å². The van der Waals surface area contributed by atoms with Crippen LogP contribution < -0.4 is 10.2 Å². The molecule has 0 radical (unpaired) electrons. The van der Waals surface area contributed by atoms with Crippen molar-refractivity contribution < 1.29 is 8.78 Å². The normalized spacial score (nSPS) is 31.6. The van der Waals surface area contributed by atoms with Crippen LogP contribution >= 0.6 is 0 Å². The van der Waals surface area contributed by atoms with E-state index >= 15 is 0 Å². The quantitative estimate of drug-likeness (QED) is 0.885. The van der Waals surface area contributed by atoms with Crippen LogP contribution in [0.5, 0.6) is 0 Å². The lowest BCUT2D eigenvalue weighted by atomic mass is 9.91. The number of anilines is 1. The zero-order valence-corrected chi connectivity index (χ0v) is 11.4. The van der Waals surface area contributed by atoms with Crippen LogP contribution in [0.3, 0.4) is 0 Å². The SMILES string of the molecule is CC1CNC(C)(C2CC2)CN1c1cc(F)cc(F)c1. The van der Waals surface area contributed by atoms with Crippen LogP contribution in [0.25, 0.3) is 0 Å². The number of nitrogens with zero attached hydrogens (tertiary/aromatic N) is 1. The van der Waals surface area contributed by atoms with E-state index in [9.17, 15) is 8.78 Å². The number of piperazine rings is 1. The summed E-state index contributed by atoms with van der Waals surface area (Å²) in [5.41, 5.74) is 0.716. The fourth-order valence-electron chi connectivity index (χ4n) is 3.10. The van der Waals surface area contributed by atoms with Crippen molar-refractivity contribution in [3.63, 3.8) is 0 Å². The van der Waals surface area contributed by atoms with Gasteiger partial charge in [0.1, 0.15) is 11.6 Å². The summed E-state index contributed by atoms with van der Waals surface area (Å²) < 4.78 is 26.8. The highest BCUT2D eigenvalue weighted by Crippen LogP contribution is 2.42. The van der Waals surface area contributed by atoms with Crippen molar-refractivity contribution in [1.29, 1.82) is 0 Å². The molecule has 1 aromatic rings. The molecule has 1 aliphatic heterocycles. The second-order valence-corrected chi connectivity index (χ2v) is 6.18. The second-order valence-electron chi connectivity index (χ2n) is 6.18. The molecule has 0 bridgehead atoms. The molecule has 1 aliphatic carbocycles. The van der Waals surface area contributed by atoms with E-state index in [0.717, 1.165) is 19.2 Å². The zero-order chi connectivity index (χ0) is 13.6. The number of benzene rings is 1. The molecule has 2 atom stereocenters. The van der Waals surface area contributed by atoms with Crippen LogP contribution in [0.1, 0.15) is 26.7 Å². The van der Waals surface area contributed by atoms with E-state index in [4.69, 9.17) is 0 Å². The molecule has 0 amide bonds. The van der Waals surface area contributed by atoms with Gasteiger partial charge in [-0.15, -0.1) is 0 Å². The van der Waals surface area contributed by atoms with Crippen LogP contribution in [0.4, 0.5) is 14.5 Å². The molecule has 0 aromatic heterocycles. The van der Waals surface area contributed by atoms with Gasteiger partial charge in [0.05, 0.1) is 0 Å². The average Bonchev–Trinajstić information content (AvgIpc) is 3.15. The van der Waals surface area contributed by atoms with Gasteiger partial charge in [0.2, 0.25) is 0 Å². The van der Waals surface area contributed by atoms with E-state index in [-0.39, 0.29) is 11.6 Å². The fraction of sp³-hybridized carbons (Fsp3) is 0.600. The van der Waals surface area contributed by atoms with E-state index in [0.29, 0.717) is 11.6 Å². The highest BCUT2D eigenvalue weighted by atomic mass is 19.1. The van der Waals surface area contributed by atoms with Crippen molar-refractivity contribution >= 4 is 5.69 Å². The lowest BCUT2D eigenvalue weighted by Gasteiger charge is -2.46. The lowest BCUT2D eigenvalue weighted by Crippen LogP contribution is -2.63. The zero-order valence-electron chi connectivity index (χ0n) is 11.4. The fourth-order valence-corrected chi connectivity index (χ4v) is 3.10. The van der Waals surface area contributed by atoms with Gasteiger partial charge in [-0.25, -0.2) is 8.78 Å². The van der Waals surface area contributed by atoms with E-state index in [1.807, 2.05) is 0 Å².